The van der Waals surface area contributed by atoms with Gasteiger partial charge in [-0.3, -0.25) is 0 Å². The van der Waals surface area contributed by atoms with Crippen LogP contribution in [0.1, 0.15) is 26.3 Å². The summed E-state index contributed by atoms with van der Waals surface area (Å²) < 4.78 is 18.7. The zero-order valence-electron chi connectivity index (χ0n) is 12.3. The van der Waals surface area contributed by atoms with Crippen LogP contribution in [-0.4, -0.2) is 26.7 Å². The smallest absolute Gasteiger partial charge is 0.165 e. The summed E-state index contributed by atoms with van der Waals surface area (Å²) in [7, 11) is 1.47. The predicted molar refractivity (Wildman–Crippen MR) is 77.1 cm³/mol. The lowest BCUT2D eigenvalue weighted by atomic mass is 9.84. The first-order valence-electron chi connectivity index (χ1n) is 6.65. The van der Waals surface area contributed by atoms with Gasteiger partial charge < -0.3 is 15.8 Å². The van der Waals surface area contributed by atoms with E-state index >= 15 is 0 Å². The Morgan fingerprint density at radius 2 is 2.11 bits per heavy atom. The summed E-state index contributed by atoms with van der Waals surface area (Å²) >= 11 is 0. The molecular weight excluding hydrogens is 243 g/mol. The molecule has 0 saturated carbocycles. The minimum atomic E-state index is -0.316. The molecule has 0 aliphatic heterocycles. The first-order valence-corrected chi connectivity index (χ1v) is 6.65. The number of nitrogens with two attached hydrogens (primary N) is 1. The van der Waals surface area contributed by atoms with Crippen LogP contribution in [0.2, 0.25) is 0 Å². The molecule has 0 heterocycles. The molecule has 108 valence electrons. The number of benzene rings is 1. The quantitative estimate of drug-likeness (QED) is 0.797. The van der Waals surface area contributed by atoms with E-state index in [9.17, 15) is 4.39 Å². The SMILES string of the molecule is COc1ccc(C(C)(C)CNCC(C)CN)cc1F. The molecule has 1 unspecified atom stereocenters. The van der Waals surface area contributed by atoms with Gasteiger partial charge in [0.15, 0.2) is 11.6 Å². The largest absolute Gasteiger partial charge is 0.494 e. The van der Waals surface area contributed by atoms with Gasteiger partial charge in [0, 0.05) is 12.0 Å². The summed E-state index contributed by atoms with van der Waals surface area (Å²) in [6.07, 6.45) is 0. The third-order valence-electron chi connectivity index (χ3n) is 3.40. The van der Waals surface area contributed by atoms with Gasteiger partial charge in [0.05, 0.1) is 7.11 Å². The molecule has 3 nitrogen and oxygen atoms in total. The van der Waals surface area contributed by atoms with E-state index in [4.69, 9.17) is 10.5 Å². The number of nitrogens with one attached hydrogen (secondary N) is 1. The molecular formula is C15H25FN2O. The summed E-state index contributed by atoms with van der Waals surface area (Å²) in [5.41, 5.74) is 6.40. The summed E-state index contributed by atoms with van der Waals surface area (Å²) in [6, 6.07) is 5.14. The number of halogens is 1. The number of hydrogen-bond acceptors (Lipinski definition) is 3. The van der Waals surface area contributed by atoms with Crippen LogP contribution in [0.4, 0.5) is 4.39 Å². The molecule has 1 aromatic carbocycles. The van der Waals surface area contributed by atoms with E-state index in [2.05, 4.69) is 26.1 Å². The average molecular weight is 268 g/mol. The summed E-state index contributed by atoms with van der Waals surface area (Å²) in [5.74, 6) is 0.413. The maximum Gasteiger partial charge on any atom is 0.165 e. The lowest BCUT2D eigenvalue weighted by molar-refractivity contribution is 0.383. The maximum absolute atomic E-state index is 13.7. The molecule has 0 aliphatic carbocycles. The first-order chi connectivity index (χ1) is 8.90. The highest BCUT2D eigenvalue weighted by Gasteiger charge is 2.21. The van der Waals surface area contributed by atoms with E-state index in [-0.39, 0.29) is 17.0 Å². The van der Waals surface area contributed by atoms with Gasteiger partial charge in [0.1, 0.15) is 0 Å². The molecule has 1 aromatic rings. The molecule has 0 saturated heterocycles. The normalized spacial score (nSPS) is 13.4. The van der Waals surface area contributed by atoms with Crippen LogP contribution in [0.25, 0.3) is 0 Å². The molecule has 0 radical (unpaired) electrons. The number of ether oxygens (including phenoxy) is 1. The number of methoxy groups -OCH3 is 1. The second-order valence-corrected chi connectivity index (χ2v) is 5.70. The molecule has 0 aliphatic rings. The molecule has 1 atom stereocenters. The maximum atomic E-state index is 13.7. The molecule has 0 amide bonds. The van der Waals surface area contributed by atoms with Crippen LogP contribution in [0.5, 0.6) is 5.75 Å². The van der Waals surface area contributed by atoms with E-state index in [1.54, 1.807) is 12.1 Å². The second-order valence-electron chi connectivity index (χ2n) is 5.70. The number of rotatable bonds is 7. The number of hydrogen-bond donors (Lipinski definition) is 2. The summed E-state index contributed by atoms with van der Waals surface area (Å²) in [6.45, 7) is 8.61. The Morgan fingerprint density at radius 1 is 1.42 bits per heavy atom. The first kappa shape index (κ1) is 15.9. The van der Waals surface area contributed by atoms with Crippen molar-refractivity contribution in [3.8, 4) is 5.75 Å². The van der Waals surface area contributed by atoms with Crippen molar-refractivity contribution >= 4 is 0 Å². The Labute approximate surface area is 115 Å². The Hall–Kier alpha value is -1.13. The van der Waals surface area contributed by atoms with Crippen molar-refractivity contribution in [2.45, 2.75) is 26.2 Å². The standard InChI is InChI=1S/C15H25FN2O/c1-11(8-17)9-18-10-15(2,3)12-5-6-14(19-4)13(16)7-12/h5-7,11,18H,8-10,17H2,1-4H3. The van der Waals surface area contributed by atoms with E-state index in [1.807, 2.05) is 6.07 Å². The van der Waals surface area contributed by atoms with Crippen molar-refractivity contribution in [2.75, 3.05) is 26.7 Å². The average Bonchev–Trinajstić information content (AvgIpc) is 2.38. The van der Waals surface area contributed by atoms with Crippen LogP contribution in [0, 0.1) is 11.7 Å². The fraction of sp³-hybridized carbons (Fsp3) is 0.600. The van der Waals surface area contributed by atoms with E-state index < -0.39 is 0 Å². The molecule has 0 bridgehead atoms. The summed E-state index contributed by atoms with van der Waals surface area (Å²) in [4.78, 5) is 0. The lowest BCUT2D eigenvalue weighted by Gasteiger charge is -2.27. The van der Waals surface area contributed by atoms with Gasteiger partial charge in [0.25, 0.3) is 0 Å². The minimum absolute atomic E-state index is 0.137. The van der Waals surface area contributed by atoms with Crippen LogP contribution >= 0.6 is 0 Å². The van der Waals surface area contributed by atoms with Crippen molar-refractivity contribution in [3.63, 3.8) is 0 Å². The van der Waals surface area contributed by atoms with Gasteiger partial charge in [-0.2, -0.15) is 0 Å². The molecule has 4 heteroatoms. The molecule has 0 spiro atoms. The fourth-order valence-electron chi connectivity index (χ4n) is 1.90. The van der Waals surface area contributed by atoms with Crippen molar-refractivity contribution in [1.82, 2.24) is 5.32 Å². The molecule has 19 heavy (non-hydrogen) atoms. The molecule has 0 fully saturated rings. The molecule has 3 N–H and O–H groups in total. The second kappa shape index (κ2) is 6.87. The minimum Gasteiger partial charge on any atom is -0.494 e. The van der Waals surface area contributed by atoms with E-state index in [0.29, 0.717) is 12.5 Å². The van der Waals surface area contributed by atoms with Crippen molar-refractivity contribution in [1.29, 1.82) is 0 Å². The van der Waals surface area contributed by atoms with Gasteiger partial charge in [-0.15, -0.1) is 0 Å². The van der Waals surface area contributed by atoms with E-state index in [1.165, 1.54) is 7.11 Å². The van der Waals surface area contributed by atoms with Crippen LogP contribution in [0.15, 0.2) is 18.2 Å². The van der Waals surface area contributed by atoms with Crippen molar-refractivity contribution in [3.05, 3.63) is 29.6 Å². The predicted octanol–water partition coefficient (Wildman–Crippen LogP) is 2.30. The highest BCUT2D eigenvalue weighted by molar-refractivity contribution is 5.33. The highest BCUT2D eigenvalue weighted by Crippen LogP contribution is 2.27. The fourth-order valence-corrected chi connectivity index (χ4v) is 1.90. The Kier molecular flexibility index (Phi) is 5.76. The Morgan fingerprint density at radius 3 is 2.63 bits per heavy atom. The third-order valence-corrected chi connectivity index (χ3v) is 3.40. The lowest BCUT2D eigenvalue weighted by Crippen LogP contribution is -2.36. The van der Waals surface area contributed by atoms with Gasteiger partial charge in [0.2, 0.25) is 0 Å². The van der Waals surface area contributed by atoms with E-state index in [0.717, 1.165) is 18.7 Å². The Balaban J connectivity index is 2.68. The molecule has 1 rings (SSSR count). The van der Waals surface area contributed by atoms with Crippen LogP contribution in [-0.2, 0) is 5.41 Å². The summed E-state index contributed by atoms with van der Waals surface area (Å²) in [5, 5.41) is 3.39. The molecule has 0 aromatic heterocycles. The van der Waals surface area contributed by atoms with Crippen molar-refractivity contribution < 1.29 is 9.13 Å². The Bertz CT molecular complexity index is 407. The van der Waals surface area contributed by atoms with Crippen molar-refractivity contribution in [2.24, 2.45) is 11.7 Å². The topological polar surface area (TPSA) is 47.3 Å². The monoisotopic (exact) mass is 268 g/mol. The van der Waals surface area contributed by atoms with Crippen LogP contribution in [0.3, 0.4) is 0 Å². The van der Waals surface area contributed by atoms with Crippen LogP contribution < -0.4 is 15.8 Å². The van der Waals surface area contributed by atoms with Gasteiger partial charge in [-0.05, 0) is 36.7 Å². The highest BCUT2D eigenvalue weighted by atomic mass is 19.1. The van der Waals surface area contributed by atoms with Gasteiger partial charge in [-0.1, -0.05) is 26.8 Å². The van der Waals surface area contributed by atoms with Gasteiger partial charge >= 0.3 is 0 Å². The van der Waals surface area contributed by atoms with Gasteiger partial charge in [-0.25, -0.2) is 4.39 Å². The zero-order chi connectivity index (χ0) is 14.5. The third kappa shape index (κ3) is 4.48. The zero-order valence-corrected chi connectivity index (χ0v) is 12.3.